The van der Waals surface area contributed by atoms with Gasteiger partial charge in [-0.05, 0) is 17.7 Å². The van der Waals surface area contributed by atoms with Crippen LogP contribution in [0.5, 0.6) is 0 Å². The van der Waals surface area contributed by atoms with Crippen LogP contribution in [0.2, 0.25) is 5.02 Å². The summed E-state index contributed by atoms with van der Waals surface area (Å²) in [5.41, 5.74) is 1.19. The molecule has 0 saturated heterocycles. The van der Waals surface area contributed by atoms with E-state index in [4.69, 9.17) is 23.2 Å². The highest BCUT2D eigenvalue weighted by atomic mass is 35.5. The maximum Gasteiger partial charge on any atom is 0.196 e. The standard InChI is InChI=1S/C15H8Cl2O2/c16-10-7-5-9(6-8-10)15(17)13(18)11-3-1-2-4-12(11)14(15)19/h1-8H. The van der Waals surface area contributed by atoms with Crippen molar-refractivity contribution in [3.8, 4) is 0 Å². The predicted molar refractivity (Wildman–Crippen MR) is 74.1 cm³/mol. The summed E-state index contributed by atoms with van der Waals surface area (Å²) < 4.78 is 0. The minimum Gasteiger partial charge on any atom is -0.291 e. The largest absolute Gasteiger partial charge is 0.291 e. The number of carbonyl (C=O) groups excluding carboxylic acids is 2. The van der Waals surface area contributed by atoms with Gasteiger partial charge in [-0.1, -0.05) is 59.6 Å². The topological polar surface area (TPSA) is 34.1 Å². The van der Waals surface area contributed by atoms with Crippen molar-refractivity contribution in [3.63, 3.8) is 0 Å². The Hall–Kier alpha value is -1.64. The van der Waals surface area contributed by atoms with E-state index in [-0.39, 0.29) is 11.6 Å². The first-order valence-corrected chi connectivity index (χ1v) is 6.44. The Balaban J connectivity index is 2.19. The van der Waals surface area contributed by atoms with Crippen molar-refractivity contribution in [1.82, 2.24) is 0 Å². The smallest absolute Gasteiger partial charge is 0.196 e. The van der Waals surface area contributed by atoms with Crippen LogP contribution in [-0.4, -0.2) is 11.6 Å². The monoisotopic (exact) mass is 290 g/mol. The highest BCUT2D eigenvalue weighted by Gasteiger charge is 2.52. The molecule has 0 heterocycles. The lowest BCUT2D eigenvalue weighted by Crippen LogP contribution is -2.31. The zero-order chi connectivity index (χ0) is 13.6. The maximum atomic E-state index is 12.4. The lowest BCUT2D eigenvalue weighted by atomic mass is 9.93. The normalized spacial score (nSPS) is 16.5. The minimum atomic E-state index is -1.66. The number of hydrogen-bond acceptors (Lipinski definition) is 2. The Labute approximate surface area is 120 Å². The van der Waals surface area contributed by atoms with Gasteiger partial charge in [0.05, 0.1) is 0 Å². The fourth-order valence-corrected chi connectivity index (χ4v) is 2.75. The zero-order valence-electron chi connectivity index (χ0n) is 9.69. The van der Waals surface area contributed by atoms with Crippen LogP contribution < -0.4 is 0 Å². The van der Waals surface area contributed by atoms with Gasteiger partial charge in [-0.15, -0.1) is 0 Å². The highest BCUT2D eigenvalue weighted by Crippen LogP contribution is 2.43. The van der Waals surface area contributed by atoms with Crippen molar-refractivity contribution in [1.29, 1.82) is 0 Å². The first-order chi connectivity index (χ1) is 9.05. The Morgan fingerprint density at radius 1 is 0.789 bits per heavy atom. The van der Waals surface area contributed by atoms with Gasteiger partial charge in [0.1, 0.15) is 0 Å². The van der Waals surface area contributed by atoms with Gasteiger partial charge in [-0.2, -0.15) is 0 Å². The summed E-state index contributed by atoms with van der Waals surface area (Å²) in [4.78, 5) is 23.2. The van der Waals surface area contributed by atoms with E-state index >= 15 is 0 Å². The maximum absolute atomic E-state index is 12.4. The second-order valence-electron chi connectivity index (χ2n) is 4.37. The lowest BCUT2D eigenvalue weighted by molar-refractivity contribution is 0.0861. The van der Waals surface area contributed by atoms with Crippen LogP contribution >= 0.6 is 23.2 Å². The Morgan fingerprint density at radius 3 is 1.74 bits per heavy atom. The molecule has 3 rings (SSSR count). The number of Topliss-reactive ketones (excluding diaryl/α,β-unsaturated/α-hetero) is 2. The summed E-state index contributed by atoms with van der Waals surface area (Å²) in [5.74, 6) is -0.755. The molecule has 19 heavy (non-hydrogen) atoms. The van der Waals surface area contributed by atoms with Gasteiger partial charge in [0.25, 0.3) is 0 Å². The predicted octanol–water partition coefficient (Wildman–Crippen LogP) is 3.85. The van der Waals surface area contributed by atoms with Crippen LogP contribution in [0.25, 0.3) is 0 Å². The molecule has 0 aromatic heterocycles. The number of hydrogen-bond donors (Lipinski definition) is 0. The Bertz CT molecular complexity index is 655. The molecule has 0 spiro atoms. The number of ketones is 2. The molecule has 4 heteroatoms. The fourth-order valence-electron chi connectivity index (χ4n) is 2.30. The van der Waals surface area contributed by atoms with E-state index in [2.05, 4.69) is 0 Å². The molecule has 0 saturated carbocycles. The third kappa shape index (κ3) is 1.64. The summed E-state index contributed by atoms with van der Waals surface area (Å²) in [6.07, 6.45) is 0. The van der Waals surface area contributed by atoms with Crippen molar-refractivity contribution in [2.24, 2.45) is 0 Å². The molecule has 0 radical (unpaired) electrons. The molecule has 2 aromatic carbocycles. The van der Waals surface area contributed by atoms with Crippen LogP contribution in [0.3, 0.4) is 0 Å². The second-order valence-corrected chi connectivity index (χ2v) is 5.37. The molecule has 0 bridgehead atoms. The van der Waals surface area contributed by atoms with Gasteiger partial charge in [-0.25, -0.2) is 0 Å². The number of carbonyl (C=O) groups is 2. The van der Waals surface area contributed by atoms with Crippen LogP contribution in [0.15, 0.2) is 48.5 Å². The van der Waals surface area contributed by atoms with Gasteiger partial charge in [-0.3, -0.25) is 9.59 Å². The number of alkyl halides is 1. The Morgan fingerprint density at radius 2 is 1.26 bits per heavy atom. The molecule has 0 unspecified atom stereocenters. The average Bonchev–Trinajstić information content (AvgIpc) is 2.63. The number of halogens is 2. The van der Waals surface area contributed by atoms with Crippen LogP contribution in [0.4, 0.5) is 0 Å². The van der Waals surface area contributed by atoms with E-state index in [9.17, 15) is 9.59 Å². The van der Waals surface area contributed by atoms with E-state index in [1.807, 2.05) is 0 Å². The van der Waals surface area contributed by atoms with Crippen molar-refractivity contribution in [2.75, 3.05) is 0 Å². The molecule has 0 amide bonds. The van der Waals surface area contributed by atoms with Crippen molar-refractivity contribution in [2.45, 2.75) is 4.87 Å². The summed E-state index contributed by atoms with van der Waals surface area (Å²) in [6, 6.07) is 13.1. The molecular weight excluding hydrogens is 283 g/mol. The van der Waals surface area contributed by atoms with Crippen molar-refractivity contribution >= 4 is 34.8 Å². The van der Waals surface area contributed by atoms with Gasteiger partial charge < -0.3 is 0 Å². The fraction of sp³-hybridized carbons (Fsp3) is 0.0667. The van der Waals surface area contributed by atoms with Crippen molar-refractivity contribution < 1.29 is 9.59 Å². The summed E-state index contributed by atoms with van der Waals surface area (Å²) in [6.45, 7) is 0. The van der Waals surface area contributed by atoms with Gasteiger partial charge >= 0.3 is 0 Å². The van der Waals surface area contributed by atoms with E-state index in [1.165, 1.54) is 0 Å². The molecule has 2 aromatic rings. The van der Waals surface area contributed by atoms with Crippen molar-refractivity contribution in [3.05, 3.63) is 70.2 Å². The molecule has 0 atom stereocenters. The van der Waals surface area contributed by atoms with E-state index in [0.717, 1.165) is 0 Å². The SMILES string of the molecule is O=C1c2ccccc2C(=O)C1(Cl)c1ccc(Cl)cc1. The number of benzene rings is 2. The lowest BCUT2D eigenvalue weighted by Gasteiger charge is -2.18. The average molecular weight is 291 g/mol. The van der Waals surface area contributed by atoms with E-state index in [0.29, 0.717) is 21.7 Å². The summed E-state index contributed by atoms with van der Waals surface area (Å²) >= 11 is 12.2. The van der Waals surface area contributed by atoms with Gasteiger partial charge in [0.15, 0.2) is 16.4 Å². The molecule has 0 fully saturated rings. The molecule has 2 nitrogen and oxygen atoms in total. The van der Waals surface area contributed by atoms with E-state index in [1.54, 1.807) is 48.5 Å². The molecule has 0 aliphatic heterocycles. The molecule has 0 N–H and O–H groups in total. The quantitative estimate of drug-likeness (QED) is 0.590. The summed E-state index contributed by atoms with van der Waals surface area (Å²) in [7, 11) is 0. The highest BCUT2D eigenvalue weighted by molar-refractivity contribution is 6.54. The molecular formula is C15H8Cl2O2. The second kappa shape index (κ2) is 4.19. The first kappa shape index (κ1) is 12.4. The van der Waals surface area contributed by atoms with E-state index < -0.39 is 4.87 Å². The van der Waals surface area contributed by atoms with Crippen LogP contribution in [-0.2, 0) is 4.87 Å². The first-order valence-electron chi connectivity index (χ1n) is 5.68. The minimum absolute atomic E-state index is 0.373. The molecule has 1 aliphatic carbocycles. The Kier molecular flexibility index (Phi) is 2.73. The summed E-state index contributed by atoms with van der Waals surface area (Å²) in [5, 5.41) is 0.527. The number of rotatable bonds is 1. The zero-order valence-corrected chi connectivity index (χ0v) is 11.2. The third-order valence-corrected chi connectivity index (χ3v) is 4.10. The van der Waals surface area contributed by atoms with Gasteiger partial charge in [0, 0.05) is 16.1 Å². The van der Waals surface area contributed by atoms with Crippen LogP contribution in [0.1, 0.15) is 26.3 Å². The molecule has 1 aliphatic rings. The third-order valence-electron chi connectivity index (χ3n) is 3.28. The molecule has 94 valence electrons. The van der Waals surface area contributed by atoms with Crippen LogP contribution in [0, 0.1) is 0 Å². The van der Waals surface area contributed by atoms with Gasteiger partial charge in [0.2, 0.25) is 0 Å². The number of fused-ring (bicyclic) bond motifs is 1.